The minimum atomic E-state index is 0. The molecule has 46 heavy (non-hydrogen) atoms. The molecule has 14 heteroatoms. The summed E-state index contributed by atoms with van der Waals surface area (Å²) in [4.78, 5) is 15.1. The van der Waals surface area contributed by atoms with Gasteiger partial charge < -0.3 is 40.4 Å². The van der Waals surface area contributed by atoms with Gasteiger partial charge in [-0.25, -0.2) is 0 Å². The predicted molar refractivity (Wildman–Crippen MR) is 168 cm³/mol. The summed E-state index contributed by atoms with van der Waals surface area (Å²) in [6, 6.07) is 7.00. The first-order chi connectivity index (χ1) is 21.2. The molecule has 0 saturated carbocycles. The number of nitriles is 4. The van der Waals surface area contributed by atoms with Crippen molar-refractivity contribution >= 4 is 23.6 Å². The summed E-state index contributed by atoms with van der Waals surface area (Å²) in [7, 11) is 0. The number of hydrogen-bond donors (Lipinski definition) is 0. The Morgan fingerprint density at radius 2 is 0.522 bits per heavy atom. The molecule has 0 unspecified atom stereocenters. The zero-order chi connectivity index (χ0) is 34.1. The van der Waals surface area contributed by atoms with Gasteiger partial charge >= 0.3 is 39.0 Å². The Bertz CT molecular complexity index is 796. The van der Waals surface area contributed by atoms with Crippen LogP contribution in [0.1, 0.15) is 130 Å². The molecule has 2 radical (unpaired) electrons. The summed E-state index contributed by atoms with van der Waals surface area (Å²) in [6.45, 7) is 8.77. The molecule has 0 fully saturated rings. The van der Waals surface area contributed by atoms with Gasteiger partial charge in [0, 0.05) is 53.9 Å². The van der Waals surface area contributed by atoms with Crippen molar-refractivity contribution in [3.8, 4) is 24.3 Å². The van der Waals surface area contributed by atoms with E-state index in [-0.39, 0.29) is 62.5 Å². The van der Waals surface area contributed by atoms with Crippen LogP contribution < -0.4 is 20.4 Å². The minimum Gasteiger partial charge on any atom is -0.862 e. The Morgan fingerprint density at radius 3 is 0.674 bits per heavy atom. The first-order valence-corrected chi connectivity index (χ1v) is 15.3. The molecule has 12 nitrogen and oxygen atoms in total. The summed E-state index contributed by atoms with van der Waals surface area (Å²) >= 11 is 0. The van der Waals surface area contributed by atoms with Crippen molar-refractivity contribution in [2.45, 2.75) is 130 Å². The Morgan fingerprint density at radius 1 is 0.370 bits per heavy atom. The monoisotopic (exact) mass is 818 g/mol. The predicted octanol–water partition coefficient (Wildman–Crippen LogP) is 3.39. The fourth-order valence-corrected chi connectivity index (χ4v) is 3.39. The van der Waals surface area contributed by atoms with Crippen LogP contribution in [0.4, 0.5) is 0 Å². The maximum atomic E-state index is 10.5. The maximum Gasteiger partial charge on any atom is 2.00 e. The van der Waals surface area contributed by atoms with Crippen molar-refractivity contribution in [2.75, 3.05) is 26.2 Å². The van der Waals surface area contributed by atoms with E-state index in [1.807, 2.05) is 0 Å². The summed E-state index contributed by atoms with van der Waals surface area (Å²) in [6.07, 6.45) is 16.0. The Labute approximate surface area is 303 Å². The van der Waals surface area contributed by atoms with Crippen molar-refractivity contribution in [2.24, 2.45) is 20.0 Å². The van der Waals surface area contributed by atoms with E-state index >= 15 is 0 Å². The van der Waals surface area contributed by atoms with E-state index in [1.54, 1.807) is 24.3 Å². The smallest absolute Gasteiger partial charge is 0.862 e. The number of aliphatic imine (C=N–C) groups is 4. The molecular formula is C32H52N8O4Rh2. The van der Waals surface area contributed by atoms with Gasteiger partial charge in [-0.15, -0.1) is 0 Å². The fraction of sp³-hybridized carbons (Fsp3) is 0.750. The molecule has 0 spiro atoms. The molecular weight excluding hydrogens is 766 g/mol. The number of hydrogen-bond acceptors (Lipinski definition) is 12. The van der Waals surface area contributed by atoms with Crippen LogP contribution in [-0.2, 0) is 39.0 Å². The van der Waals surface area contributed by atoms with E-state index in [0.29, 0.717) is 25.7 Å². The van der Waals surface area contributed by atoms with E-state index < -0.39 is 0 Å². The Kier molecular flexibility index (Phi) is 62.3. The van der Waals surface area contributed by atoms with E-state index in [4.69, 9.17) is 21.0 Å². The van der Waals surface area contributed by atoms with Gasteiger partial charge in [-0.3, -0.25) is 0 Å². The Balaban J connectivity index is -0.000000103. The molecule has 4 aliphatic heterocycles. The quantitative estimate of drug-likeness (QED) is 0.328. The molecule has 0 saturated heterocycles. The molecule has 0 aromatic heterocycles. The van der Waals surface area contributed by atoms with Crippen molar-refractivity contribution in [1.82, 2.24) is 0 Å². The van der Waals surface area contributed by atoms with Gasteiger partial charge in [0.25, 0.3) is 0 Å². The normalized spacial score (nSPS) is 15.8. The average Bonchev–Trinajstić information content (AvgIpc) is 3.57. The standard InChI is InChI=1S/4C6H11NO.4C2H3N.2Rh/c4*8-6-4-2-1-3-5-7-6;4*1-2-3;;/h4*1-5H2,(H,7,8);4*1H3;;/q;;;;;;;;2*+2/p-4. The molecule has 0 bridgehead atoms. The van der Waals surface area contributed by atoms with E-state index in [2.05, 4.69) is 20.0 Å². The number of rotatable bonds is 0. The minimum absolute atomic E-state index is 0. The van der Waals surface area contributed by atoms with Crippen LogP contribution in [0.15, 0.2) is 20.0 Å². The van der Waals surface area contributed by atoms with Crippen molar-refractivity contribution in [3.05, 3.63) is 0 Å². The second kappa shape index (κ2) is 51.7. The zero-order valence-electron chi connectivity index (χ0n) is 28.0. The molecule has 0 aromatic rings. The molecule has 0 N–H and O–H groups in total. The largest absolute Gasteiger partial charge is 2.00 e. The molecule has 4 aliphatic rings. The van der Waals surface area contributed by atoms with Crippen molar-refractivity contribution < 1.29 is 59.4 Å². The maximum absolute atomic E-state index is 10.5. The average molecular weight is 819 g/mol. The first kappa shape index (κ1) is 55.5. The van der Waals surface area contributed by atoms with Crippen LogP contribution in [0.5, 0.6) is 0 Å². The second-order valence-electron chi connectivity index (χ2n) is 9.24. The number of nitrogens with zero attached hydrogens (tertiary/aromatic N) is 8. The Hall–Kier alpha value is -2.91. The van der Waals surface area contributed by atoms with Gasteiger partial charge in [0.2, 0.25) is 0 Å². The third kappa shape index (κ3) is 60.3. The molecule has 0 aliphatic carbocycles. The van der Waals surface area contributed by atoms with Crippen LogP contribution >= 0.6 is 0 Å². The first-order valence-electron chi connectivity index (χ1n) is 15.3. The third-order valence-corrected chi connectivity index (χ3v) is 5.35. The molecule has 4 heterocycles. The van der Waals surface area contributed by atoms with Crippen LogP contribution in [0.25, 0.3) is 0 Å². The van der Waals surface area contributed by atoms with Crippen LogP contribution in [0.3, 0.4) is 0 Å². The van der Waals surface area contributed by atoms with Gasteiger partial charge in [0.05, 0.1) is 24.3 Å². The summed E-state index contributed by atoms with van der Waals surface area (Å²) < 4.78 is 0. The van der Waals surface area contributed by atoms with Crippen LogP contribution in [0.2, 0.25) is 0 Å². The summed E-state index contributed by atoms with van der Waals surface area (Å²) in [5.41, 5.74) is 0. The topological polar surface area (TPSA) is 237 Å². The summed E-state index contributed by atoms with van der Waals surface area (Å²) in [5, 5.41) is 71.3. The molecule has 4 rings (SSSR count). The third-order valence-electron chi connectivity index (χ3n) is 5.35. The van der Waals surface area contributed by atoms with Crippen LogP contribution in [-0.4, -0.2) is 49.8 Å². The van der Waals surface area contributed by atoms with Gasteiger partial charge in [-0.05, 0) is 101 Å². The van der Waals surface area contributed by atoms with E-state index in [9.17, 15) is 20.4 Å². The van der Waals surface area contributed by atoms with Gasteiger partial charge in [0.1, 0.15) is 0 Å². The second-order valence-corrected chi connectivity index (χ2v) is 9.24. The van der Waals surface area contributed by atoms with Gasteiger partial charge in [-0.1, -0.05) is 25.7 Å². The van der Waals surface area contributed by atoms with Gasteiger partial charge in [-0.2, -0.15) is 21.0 Å². The molecule has 262 valence electrons. The molecule has 0 atom stereocenters. The van der Waals surface area contributed by atoms with Gasteiger partial charge in [0.15, 0.2) is 0 Å². The van der Waals surface area contributed by atoms with Crippen LogP contribution in [0, 0.1) is 45.3 Å². The zero-order valence-corrected chi connectivity index (χ0v) is 31.3. The van der Waals surface area contributed by atoms with Crippen molar-refractivity contribution in [1.29, 1.82) is 21.0 Å². The molecule has 0 aromatic carbocycles. The molecule has 0 amide bonds. The van der Waals surface area contributed by atoms with E-state index in [1.165, 1.54) is 53.4 Å². The van der Waals surface area contributed by atoms with Crippen molar-refractivity contribution in [3.63, 3.8) is 0 Å². The van der Waals surface area contributed by atoms with E-state index in [0.717, 1.165) is 77.5 Å². The summed E-state index contributed by atoms with van der Waals surface area (Å²) in [5.74, 6) is 0.398. The fourth-order valence-electron chi connectivity index (χ4n) is 3.39. The SMILES string of the molecule is CC#N.CC#N.CC#N.CC#N.[O-]C1=NCCCCC1.[O-]C1=NCCCCC1.[O-]C1=NCCCCC1.[O-]C1=NCCCCC1.[Rh+2].[Rh+2].